The molecule has 0 fully saturated rings. The Morgan fingerprint density at radius 2 is 1.13 bits per heavy atom. The third-order valence-electron chi connectivity index (χ3n) is 9.20. The van der Waals surface area contributed by atoms with Crippen LogP contribution in [0.2, 0.25) is 0 Å². The highest BCUT2D eigenvalue weighted by Crippen LogP contribution is 2.69. The molecule has 46 heavy (non-hydrogen) atoms. The van der Waals surface area contributed by atoms with Crippen LogP contribution in [0.25, 0.3) is 5.57 Å². The Morgan fingerprint density at radius 3 is 1.63 bits per heavy atom. The van der Waals surface area contributed by atoms with Crippen LogP contribution in [-0.2, 0) is 21.7 Å². The molecule has 4 nitrogen and oxygen atoms in total. The fourth-order valence-corrected chi connectivity index (χ4v) is 8.49. The lowest BCUT2D eigenvalue weighted by atomic mass is 9.71. The lowest BCUT2D eigenvalue weighted by Gasteiger charge is -2.41. The maximum atomic E-state index is 11.2. The van der Waals surface area contributed by atoms with Crippen LogP contribution in [0, 0.1) is 0 Å². The van der Waals surface area contributed by atoms with Crippen molar-refractivity contribution in [2.45, 2.75) is 116 Å². The first-order valence-electron chi connectivity index (χ1n) is 16.2. The van der Waals surface area contributed by atoms with Gasteiger partial charge in [-0.05, 0) is 71.8 Å². The van der Waals surface area contributed by atoms with Gasteiger partial charge in [0.2, 0.25) is 0 Å². The SMILES string of the molecule is CC(C)(C)c1ccc(C2=CC=CC(P(O)O)(P(O)O)C2=C2C=CC=CC2c2ccc(C(C)(C)C)cc2C(C)(C)C)c(C(C)(C)C)c1. The smallest absolute Gasteiger partial charge is 0.190 e. The van der Waals surface area contributed by atoms with Gasteiger partial charge in [0.15, 0.2) is 21.6 Å². The third kappa shape index (κ3) is 7.00. The maximum Gasteiger partial charge on any atom is 0.190 e. The summed E-state index contributed by atoms with van der Waals surface area (Å²) in [5.41, 5.74) is 8.50. The molecular formula is C40H54O4P2. The van der Waals surface area contributed by atoms with E-state index in [4.69, 9.17) is 0 Å². The molecule has 2 aliphatic rings. The Labute approximate surface area is 280 Å². The fourth-order valence-electron chi connectivity index (χ4n) is 6.51. The van der Waals surface area contributed by atoms with Crippen LogP contribution in [0.3, 0.4) is 0 Å². The standard InChI is InChI=1S/C40H54O4P2/c1-36(2,3)26-19-21-29(33(24-26)38(7,8)9)28-16-13-14-17-31(28)35-32(18-15-23-40(35,45(41)42)46(43)44)30-22-20-27(37(4,5)6)25-34(30)39(10,11)12/h13-25,28,41-44H,1-12H3. The van der Waals surface area contributed by atoms with E-state index in [1.165, 1.54) is 16.7 Å². The summed E-state index contributed by atoms with van der Waals surface area (Å²) in [5.74, 6) is -0.255. The zero-order valence-corrected chi connectivity index (χ0v) is 31.6. The largest absolute Gasteiger partial charge is 0.349 e. The summed E-state index contributed by atoms with van der Waals surface area (Å²) in [4.78, 5) is 42.9. The topological polar surface area (TPSA) is 80.9 Å². The Hall–Kier alpha value is -2.16. The van der Waals surface area contributed by atoms with E-state index < -0.39 is 21.6 Å². The first-order valence-corrected chi connectivity index (χ1v) is 18.7. The zero-order chi connectivity index (χ0) is 34.6. The molecule has 2 aromatic rings. The molecule has 1 atom stereocenters. The van der Waals surface area contributed by atoms with Crippen molar-refractivity contribution in [3.63, 3.8) is 0 Å². The van der Waals surface area contributed by atoms with Crippen LogP contribution < -0.4 is 0 Å². The second-order valence-electron chi connectivity index (χ2n) is 16.9. The van der Waals surface area contributed by atoms with Crippen molar-refractivity contribution in [2.75, 3.05) is 0 Å². The molecule has 2 aromatic carbocycles. The van der Waals surface area contributed by atoms with E-state index in [1.807, 2.05) is 24.3 Å². The van der Waals surface area contributed by atoms with Crippen molar-refractivity contribution in [3.8, 4) is 0 Å². The summed E-state index contributed by atoms with van der Waals surface area (Å²) >= 11 is 0. The van der Waals surface area contributed by atoms with Crippen LogP contribution in [-0.4, -0.2) is 24.5 Å². The first-order chi connectivity index (χ1) is 21.0. The van der Waals surface area contributed by atoms with Crippen LogP contribution in [0.5, 0.6) is 0 Å². The first kappa shape index (κ1) is 36.7. The quantitative estimate of drug-likeness (QED) is 0.246. The molecule has 0 aromatic heterocycles. The number of hydrogen-bond acceptors (Lipinski definition) is 4. The van der Waals surface area contributed by atoms with Crippen LogP contribution in [0.4, 0.5) is 0 Å². The van der Waals surface area contributed by atoms with Gasteiger partial charge in [0.1, 0.15) is 0 Å². The normalized spacial score (nSPS) is 20.6. The number of benzene rings is 2. The minimum Gasteiger partial charge on any atom is -0.349 e. The molecule has 0 radical (unpaired) electrons. The third-order valence-corrected chi connectivity index (χ3v) is 12.2. The summed E-state index contributed by atoms with van der Waals surface area (Å²) in [6.07, 6.45) is 13.5. The summed E-state index contributed by atoms with van der Waals surface area (Å²) < 4.78 is 0. The summed E-state index contributed by atoms with van der Waals surface area (Å²) in [5, 5.41) is 0. The lowest BCUT2D eigenvalue weighted by Crippen LogP contribution is -2.31. The molecule has 0 heterocycles. The maximum absolute atomic E-state index is 11.2. The summed E-state index contributed by atoms with van der Waals surface area (Å²) in [6.45, 7) is 26.5. The van der Waals surface area contributed by atoms with E-state index in [9.17, 15) is 19.6 Å². The van der Waals surface area contributed by atoms with Crippen LogP contribution in [0.15, 0.2) is 90.1 Å². The molecule has 6 heteroatoms. The average molecular weight is 661 g/mol. The molecule has 0 saturated carbocycles. The van der Waals surface area contributed by atoms with Crippen LogP contribution >= 0.6 is 16.8 Å². The molecule has 2 aliphatic carbocycles. The molecule has 0 amide bonds. The zero-order valence-electron chi connectivity index (χ0n) is 29.8. The number of rotatable bonds is 4. The number of hydrogen-bond donors (Lipinski definition) is 4. The van der Waals surface area contributed by atoms with E-state index in [0.717, 1.165) is 27.8 Å². The van der Waals surface area contributed by atoms with E-state index >= 15 is 0 Å². The molecule has 4 N–H and O–H groups in total. The molecule has 0 saturated heterocycles. The molecule has 4 rings (SSSR count). The van der Waals surface area contributed by atoms with Crippen molar-refractivity contribution in [2.24, 2.45) is 0 Å². The van der Waals surface area contributed by atoms with Gasteiger partial charge in [0.25, 0.3) is 0 Å². The average Bonchev–Trinajstić information content (AvgIpc) is 2.94. The monoisotopic (exact) mass is 660 g/mol. The second kappa shape index (κ2) is 12.7. The Bertz CT molecular complexity index is 1620. The van der Waals surface area contributed by atoms with Gasteiger partial charge in [0.05, 0.1) is 0 Å². The van der Waals surface area contributed by atoms with Gasteiger partial charge in [-0.15, -0.1) is 0 Å². The molecule has 1 unspecified atom stereocenters. The van der Waals surface area contributed by atoms with Crippen molar-refractivity contribution in [3.05, 3.63) is 123 Å². The van der Waals surface area contributed by atoms with Gasteiger partial charge >= 0.3 is 0 Å². The highest BCUT2D eigenvalue weighted by atomic mass is 31.2. The van der Waals surface area contributed by atoms with Gasteiger partial charge in [-0.1, -0.05) is 162 Å². The highest BCUT2D eigenvalue weighted by molar-refractivity contribution is 7.67. The van der Waals surface area contributed by atoms with Crippen molar-refractivity contribution in [1.82, 2.24) is 0 Å². The Kier molecular flexibility index (Phi) is 10.1. The predicted octanol–water partition coefficient (Wildman–Crippen LogP) is 10.3. The predicted molar refractivity (Wildman–Crippen MR) is 198 cm³/mol. The van der Waals surface area contributed by atoms with Crippen molar-refractivity contribution < 1.29 is 19.6 Å². The van der Waals surface area contributed by atoms with Gasteiger partial charge in [-0.2, -0.15) is 0 Å². The lowest BCUT2D eigenvalue weighted by molar-refractivity contribution is 0.441. The van der Waals surface area contributed by atoms with Gasteiger partial charge in [0, 0.05) is 5.92 Å². The van der Waals surface area contributed by atoms with Crippen LogP contribution in [0.1, 0.15) is 122 Å². The second-order valence-corrected chi connectivity index (χ2v) is 19.8. The molecular weight excluding hydrogens is 606 g/mol. The van der Waals surface area contributed by atoms with Gasteiger partial charge in [-0.3, -0.25) is 0 Å². The van der Waals surface area contributed by atoms with Crippen molar-refractivity contribution in [1.29, 1.82) is 0 Å². The van der Waals surface area contributed by atoms with Gasteiger partial charge in [-0.25, -0.2) is 0 Å². The summed E-state index contributed by atoms with van der Waals surface area (Å²) in [7, 11) is -5.68. The minimum absolute atomic E-state index is 0.0306. The van der Waals surface area contributed by atoms with E-state index in [0.29, 0.717) is 5.57 Å². The Morgan fingerprint density at radius 1 is 0.609 bits per heavy atom. The highest BCUT2D eigenvalue weighted by Gasteiger charge is 2.51. The molecule has 0 bridgehead atoms. The molecule has 0 spiro atoms. The number of allylic oxidation sites excluding steroid dienone is 10. The van der Waals surface area contributed by atoms with E-state index in [2.05, 4.69) is 126 Å². The van der Waals surface area contributed by atoms with Gasteiger partial charge < -0.3 is 19.6 Å². The molecule has 0 aliphatic heterocycles. The Balaban J connectivity index is 2.14. The minimum atomic E-state index is -2.84. The summed E-state index contributed by atoms with van der Waals surface area (Å²) in [6, 6.07) is 13.3. The van der Waals surface area contributed by atoms with E-state index in [1.54, 1.807) is 12.2 Å². The van der Waals surface area contributed by atoms with Crippen molar-refractivity contribution >= 4 is 22.3 Å². The van der Waals surface area contributed by atoms with E-state index in [-0.39, 0.29) is 27.6 Å². The molecule has 248 valence electrons. The fraction of sp³-hybridized carbons (Fsp3) is 0.450.